The lowest BCUT2D eigenvalue weighted by Gasteiger charge is -2.33. The van der Waals surface area contributed by atoms with Gasteiger partial charge in [-0.05, 0) is 25.0 Å². The van der Waals surface area contributed by atoms with Crippen LogP contribution in [0.15, 0.2) is 24.4 Å². The van der Waals surface area contributed by atoms with Crippen molar-refractivity contribution in [2.45, 2.75) is 24.9 Å². The number of aryl methyl sites for hydroxylation is 1. The van der Waals surface area contributed by atoms with Crippen molar-refractivity contribution in [2.75, 3.05) is 30.8 Å². The van der Waals surface area contributed by atoms with Crippen molar-refractivity contribution in [3.8, 4) is 5.75 Å². The molecule has 1 aromatic carbocycles. The van der Waals surface area contributed by atoms with Crippen LogP contribution in [-0.2, 0) is 13.2 Å². The minimum absolute atomic E-state index is 0.0739. The number of hydrogen-bond acceptors (Lipinski definition) is 7. The molecule has 4 aromatic rings. The fourth-order valence-electron chi connectivity index (χ4n) is 4.37. The second-order valence-electron chi connectivity index (χ2n) is 7.82. The Labute approximate surface area is 180 Å². The van der Waals surface area contributed by atoms with Gasteiger partial charge in [0, 0.05) is 31.4 Å². The first-order valence-electron chi connectivity index (χ1n) is 10.1. The number of methoxy groups -OCH3 is 1. The Morgan fingerprint density at radius 1 is 1.22 bits per heavy atom. The second kappa shape index (κ2) is 7.24. The van der Waals surface area contributed by atoms with Gasteiger partial charge in [-0.1, -0.05) is 6.07 Å². The molecule has 32 heavy (non-hydrogen) atoms. The summed E-state index contributed by atoms with van der Waals surface area (Å²) < 4.78 is 48.4. The number of aromatic nitrogens is 6. The van der Waals surface area contributed by atoms with E-state index in [0.29, 0.717) is 42.2 Å². The SMILES string of the molecule is COc1cccc2c1nc(N)n1nc([C@@H]3CCCN(c4cnn(C)c4C(F)(F)F)C3)nc21. The highest BCUT2D eigenvalue weighted by Crippen LogP contribution is 2.39. The highest BCUT2D eigenvalue weighted by molar-refractivity contribution is 5.95. The van der Waals surface area contributed by atoms with Gasteiger partial charge in [-0.25, -0.2) is 9.97 Å². The second-order valence-corrected chi connectivity index (χ2v) is 7.82. The average molecular weight is 446 g/mol. The van der Waals surface area contributed by atoms with Crippen LogP contribution in [0, 0.1) is 0 Å². The lowest BCUT2D eigenvalue weighted by Crippen LogP contribution is -2.36. The summed E-state index contributed by atoms with van der Waals surface area (Å²) in [7, 11) is 2.85. The molecule has 168 valence electrons. The summed E-state index contributed by atoms with van der Waals surface area (Å²) in [5, 5.41) is 9.12. The Bertz CT molecular complexity index is 1310. The minimum Gasteiger partial charge on any atom is -0.494 e. The van der Waals surface area contributed by atoms with Crippen LogP contribution in [0.5, 0.6) is 5.75 Å². The van der Waals surface area contributed by atoms with Gasteiger partial charge in [0.1, 0.15) is 11.3 Å². The summed E-state index contributed by atoms with van der Waals surface area (Å²) in [4.78, 5) is 10.8. The normalized spacial score (nSPS) is 17.4. The van der Waals surface area contributed by atoms with E-state index >= 15 is 0 Å². The molecule has 1 atom stereocenters. The monoisotopic (exact) mass is 446 g/mol. The standard InChI is InChI=1S/C20H21F3N8O/c1-29-16(20(21,22)23)13(9-25-29)30-8-4-5-11(10-30)17-27-18-12-6-3-7-14(32-2)15(12)26-19(24)31(18)28-17/h3,6-7,9,11H,4-5,8,10H2,1-2H3,(H2,24,26)/t11-/m1/s1. The molecule has 1 saturated heterocycles. The zero-order valence-electron chi connectivity index (χ0n) is 17.5. The molecule has 12 heteroatoms. The van der Waals surface area contributed by atoms with Crippen molar-refractivity contribution in [2.24, 2.45) is 7.05 Å². The van der Waals surface area contributed by atoms with Crippen molar-refractivity contribution in [3.05, 3.63) is 35.9 Å². The van der Waals surface area contributed by atoms with Gasteiger partial charge < -0.3 is 15.4 Å². The molecule has 3 aromatic heterocycles. The molecule has 1 fully saturated rings. The summed E-state index contributed by atoms with van der Waals surface area (Å²) >= 11 is 0. The van der Waals surface area contributed by atoms with Crippen molar-refractivity contribution in [1.82, 2.24) is 29.4 Å². The quantitative estimate of drug-likeness (QED) is 0.516. The van der Waals surface area contributed by atoms with E-state index in [-0.39, 0.29) is 17.6 Å². The Balaban J connectivity index is 1.54. The lowest BCUT2D eigenvalue weighted by atomic mass is 9.97. The maximum atomic E-state index is 13.6. The zero-order chi connectivity index (χ0) is 22.6. The van der Waals surface area contributed by atoms with Crippen molar-refractivity contribution >= 4 is 28.2 Å². The molecule has 0 aliphatic carbocycles. The van der Waals surface area contributed by atoms with Gasteiger partial charge in [-0.3, -0.25) is 4.68 Å². The summed E-state index contributed by atoms with van der Waals surface area (Å²) in [5.74, 6) is 1.09. The van der Waals surface area contributed by atoms with Crippen LogP contribution in [0.3, 0.4) is 0 Å². The molecule has 2 N–H and O–H groups in total. The van der Waals surface area contributed by atoms with Crippen LogP contribution in [-0.4, -0.2) is 49.6 Å². The number of para-hydroxylation sites is 1. The van der Waals surface area contributed by atoms with E-state index in [2.05, 4.69) is 15.2 Å². The first kappa shape index (κ1) is 20.3. The van der Waals surface area contributed by atoms with Crippen LogP contribution in [0.25, 0.3) is 16.6 Å². The molecule has 1 aliphatic rings. The van der Waals surface area contributed by atoms with Crippen LogP contribution >= 0.6 is 0 Å². The van der Waals surface area contributed by atoms with Crippen LogP contribution < -0.4 is 15.4 Å². The zero-order valence-corrected chi connectivity index (χ0v) is 17.5. The molecule has 5 rings (SSSR count). The van der Waals surface area contributed by atoms with E-state index < -0.39 is 11.9 Å². The fourth-order valence-corrected chi connectivity index (χ4v) is 4.37. The summed E-state index contributed by atoms with van der Waals surface area (Å²) in [6, 6.07) is 5.47. The number of alkyl halides is 3. The van der Waals surface area contributed by atoms with E-state index in [1.807, 2.05) is 12.1 Å². The Kier molecular flexibility index (Phi) is 4.60. The molecule has 4 heterocycles. The summed E-state index contributed by atoms with van der Waals surface area (Å²) in [5.41, 5.74) is 6.56. The fraction of sp³-hybridized carbons (Fsp3) is 0.400. The topological polar surface area (TPSA) is 99.4 Å². The molecule has 0 saturated carbocycles. The highest BCUT2D eigenvalue weighted by Gasteiger charge is 2.40. The van der Waals surface area contributed by atoms with Gasteiger partial charge in [0.15, 0.2) is 17.2 Å². The maximum Gasteiger partial charge on any atom is 0.435 e. The van der Waals surface area contributed by atoms with Gasteiger partial charge in [0.25, 0.3) is 0 Å². The molecule has 0 amide bonds. The highest BCUT2D eigenvalue weighted by atomic mass is 19.4. The molecule has 0 bridgehead atoms. The van der Waals surface area contributed by atoms with Gasteiger partial charge in [-0.15, -0.1) is 5.10 Å². The number of anilines is 2. The number of nitrogen functional groups attached to an aromatic ring is 1. The van der Waals surface area contributed by atoms with Gasteiger partial charge >= 0.3 is 6.18 Å². The first-order valence-corrected chi connectivity index (χ1v) is 10.1. The summed E-state index contributed by atoms with van der Waals surface area (Å²) in [6.07, 6.45) is -1.77. The molecule has 0 spiro atoms. The van der Waals surface area contributed by atoms with Gasteiger partial charge in [-0.2, -0.15) is 22.8 Å². The van der Waals surface area contributed by atoms with E-state index in [4.69, 9.17) is 15.5 Å². The lowest BCUT2D eigenvalue weighted by molar-refractivity contribution is -0.143. The third kappa shape index (κ3) is 3.17. The Hall–Kier alpha value is -3.57. The van der Waals surface area contributed by atoms with Gasteiger partial charge in [0.05, 0.1) is 19.0 Å². The predicted molar refractivity (Wildman–Crippen MR) is 112 cm³/mol. The third-order valence-corrected chi connectivity index (χ3v) is 5.84. The van der Waals surface area contributed by atoms with Gasteiger partial charge in [0.2, 0.25) is 5.95 Å². The average Bonchev–Trinajstić information content (AvgIpc) is 3.38. The smallest absolute Gasteiger partial charge is 0.435 e. The number of hydrogen-bond donors (Lipinski definition) is 1. The van der Waals surface area contributed by atoms with Crippen molar-refractivity contribution in [1.29, 1.82) is 0 Å². The maximum absolute atomic E-state index is 13.6. The van der Waals surface area contributed by atoms with E-state index in [1.165, 1.54) is 17.8 Å². The Morgan fingerprint density at radius 3 is 2.78 bits per heavy atom. The first-order chi connectivity index (χ1) is 15.3. The van der Waals surface area contributed by atoms with Crippen LogP contribution in [0.4, 0.5) is 24.8 Å². The molecule has 0 unspecified atom stereocenters. The molecular formula is C20H21F3N8O. The number of ether oxygens (including phenoxy) is 1. The third-order valence-electron chi connectivity index (χ3n) is 5.84. The number of benzene rings is 1. The largest absolute Gasteiger partial charge is 0.494 e. The van der Waals surface area contributed by atoms with E-state index in [9.17, 15) is 13.2 Å². The number of piperidine rings is 1. The van der Waals surface area contributed by atoms with E-state index in [1.54, 1.807) is 18.1 Å². The Morgan fingerprint density at radius 2 is 2.03 bits per heavy atom. The van der Waals surface area contributed by atoms with Crippen molar-refractivity contribution in [3.63, 3.8) is 0 Å². The summed E-state index contributed by atoms with van der Waals surface area (Å²) in [6.45, 7) is 0.850. The number of halogens is 3. The molecule has 0 radical (unpaired) electrons. The van der Waals surface area contributed by atoms with Crippen molar-refractivity contribution < 1.29 is 17.9 Å². The minimum atomic E-state index is -4.49. The number of nitrogens with two attached hydrogens (primary N) is 1. The van der Waals surface area contributed by atoms with Crippen LogP contribution in [0.2, 0.25) is 0 Å². The molecule has 1 aliphatic heterocycles. The number of nitrogens with zero attached hydrogens (tertiary/aromatic N) is 7. The predicted octanol–water partition coefficient (Wildman–Crippen LogP) is 3.00. The molecule has 9 nitrogen and oxygen atoms in total. The van der Waals surface area contributed by atoms with Crippen LogP contribution in [0.1, 0.15) is 30.3 Å². The number of fused-ring (bicyclic) bond motifs is 3. The van der Waals surface area contributed by atoms with E-state index in [0.717, 1.165) is 16.5 Å². The molecular weight excluding hydrogens is 425 g/mol. The number of rotatable bonds is 3.